The van der Waals surface area contributed by atoms with Crippen LogP contribution in [0.4, 0.5) is 0 Å². The Morgan fingerprint density at radius 1 is 0.319 bits per heavy atom. The quantitative estimate of drug-likeness (QED) is 0.0222. The van der Waals surface area contributed by atoms with E-state index >= 15 is 0 Å². The molecule has 19 heteroatoms. The maximum absolute atomic E-state index is 13.0. The van der Waals surface area contributed by atoms with E-state index in [0.717, 1.165) is 121 Å². The number of hydrogen-bond acceptors (Lipinski definition) is 15. The van der Waals surface area contributed by atoms with Crippen molar-refractivity contribution in [3.05, 3.63) is 0 Å². The highest BCUT2D eigenvalue weighted by atomic mass is 31.2. The van der Waals surface area contributed by atoms with Gasteiger partial charge in [0.05, 0.1) is 26.4 Å². The van der Waals surface area contributed by atoms with Crippen molar-refractivity contribution < 1.29 is 80.2 Å². The van der Waals surface area contributed by atoms with E-state index in [1.807, 2.05) is 0 Å². The molecule has 0 fully saturated rings. The van der Waals surface area contributed by atoms with Gasteiger partial charge in [0.1, 0.15) is 19.3 Å². The number of ether oxygens (including phenoxy) is 4. The minimum atomic E-state index is -4.95. The Balaban J connectivity index is 5.16. The van der Waals surface area contributed by atoms with Crippen molar-refractivity contribution in [3.8, 4) is 0 Å². The summed E-state index contributed by atoms with van der Waals surface area (Å²) in [6.45, 7) is 9.58. The molecule has 0 aliphatic rings. The summed E-state index contributed by atoms with van der Waals surface area (Å²) in [5.41, 5.74) is 0. The third-order valence-electron chi connectivity index (χ3n) is 17.1. The number of carbonyl (C=O) groups excluding carboxylic acids is 4. The molecular weight excluding hydrogens is 1200 g/mol. The minimum Gasteiger partial charge on any atom is -0.462 e. The van der Waals surface area contributed by atoms with Gasteiger partial charge in [0.2, 0.25) is 0 Å². The molecule has 0 amide bonds. The van der Waals surface area contributed by atoms with Gasteiger partial charge in [-0.2, -0.15) is 0 Å². The molecule has 3 N–H and O–H groups in total. The molecule has 0 spiro atoms. The summed E-state index contributed by atoms with van der Waals surface area (Å²) in [4.78, 5) is 72.4. The van der Waals surface area contributed by atoms with Gasteiger partial charge in [0.25, 0.3) is 0 Å². The van der Waals surface area contributed by atoms with Crippen LogP contribution in [0.2, 0.25) is 0 Å². The van der Waals surface area contributed by atoms with Crippen LogP contribution in [0.25, 0.3) is 0 Å². The van der Waals surface area contributed by atoms with Gasteiger partial charge in [-0.25, -0.2) is 9.13 Å². The topological polar surface area (TPSA) is 237 Å². The van der Waals surface area contributed by atoms with E-state index in [1.165, 1.54) is 167 Å². The van der Waals surface area contributed by atoms with Crippen LogP contribution >= 0.6 is 15.6 Å². The number of phosphoric acid groups is 2. The third kappa shape index (κ3) is 65.1. The van der Waals surface area contributed by atoms with E-state index in [0.29, 0.717) is 25.7 Å². The summed E-state index contributed by atoms with van der Waals surface area (Å²) in [6.07, 6.45) is 50.2. The van der Waals surface area contributed by atoms with Gasteiger partial charge in [0.15, 0.2) is 12.2 Å². The van der Waals surface area contributed by atoms with E-state index < -0.39 is 97.5 Å². The molecular formula is C72H140O17P2. The minimum absolute atomic E-state index is 0.105. The highest BCUT2D eigenvalue weighted by Crippen LogP contribution is 2.45. The molecule has 540 valence electrons. The van der Waals surface area contributed by atoms with Crippen molar-refractivity contribution in [3.63, 3.8) is 0 Å². The number of carbonyl (C=O) groups is 4. The number of phosphoric ester groups is 2. The van der Waals surface area contributed by atoms with E-state index in [2.05, 4.69) is 41.5 Å². The smallest absolute Gasteiger partial charge is 0.462 e. The van der Waals surface area contributed by atoms with Crippen LogP contribution in [0.5, 0.6) is 0 Å². The maximum Gasteiger partial charge on any atom is 0.472 e. The SMILES string of the molecule is CCCCCCCCCCC(=O)O[C@H](COC(=O)CCCCCCCCC)COP(=O)(O)OC[C@H](O)COP(=O)(O)OC[C@@H](COC(=O)CCCCCCCCCCCCCCCCC(C)CC)OC(=O)CCCCCCCCCCCCCCCCCC(C)C. The average Bonchev–Trinajstić information content (AvgIpc) is 3.63. The fourth-order valence-corrected chi connectivity index (χ4v) is 12.5. The van der Waals surface area contributed by atoms with Crippen molar-refractivity contribution in [2.24, 2.45) is 11.8 Å². The van der Waals surface area contributed by atoms with Crippen LogP contribution in [-0.4, -0.2) is 96.7 Å². The summed E-state index contributed by atoms with van der Waals surface area (Å²) in [6, 6.07) is 0. The van der Waals surface area contributed by atoms with Crippen LogP contribution in [0.3, 0.4) is 0 Å². The summed E-state index contributed by atoms with van der Waals surface area (Å²) in [5.74, 6) is -0.476. The van der Waals surface area contributed by atoms with E-state index in [-0.39, 0.29) is 25.7 Å². The first kappa shape index (κ1) is 89.1. The van der Waals surface area contributed by atoms with E-state index in [1.54, 1.807) is 0 Å². The van der Waals surface area contributed by atoms with Gasteiger partial charge in [-0.15, -0.1) is 0 Å². The van der Waals surface area contributed by atoms with Crippen molar-refractivity contribution in [1.82, 2.24) is 0 Å². The predicted molar refractivity (Wildman–Crippen MR) is 368 cm³/mol. The Morgan fingerprint density at radius 2 is 0.560 bits per heavy atom. The molecule has 6 atom stereocenters. The van der Waals surface area contributed by atoms with Crippen molar-refractivity contribution >= 4 is 39.5 Å². The number of aliphatic hydroxyl groups excluding tert-OH is 1. The molecule has 0 radical (unpaired) electrons. The molecule has 0 bridgehead atoms. The largest absolute Gasteiger partial charge is 0.472 e. The van der Waals surface area contributed by atoms with Gasteiger partial charge in [-0.1, -0.05) is 318 Å². The zero-order chi connectivity index (χ0) is 67.2. The Kier molecular flexibility index (Phi) is 62.7. The van der Waals surface area contributed by atoms with E-state index in [4.69, 9.17) is 37.0 Å². The molecule has 0 aromatic carbocycles. The molecule has 0 heterocycles. The first-order chi connectivity index (χ1) is 43.9. The molecule has 17 nitrogen and oxygen atoms in total. The molecule has 0 rings (SSSR count). The molecule has 0 saturated carbocycles. The van der Waals surface area contributed by atoms with Crippen molar-refractivity contribution in [1.29, 1.82) is 0 Å². The number of hydrogen-bond donors (Lipinski definition) is 3. The number of esters is 4. The second kappa shape index (κ2) is 64.1. The fraction of sp³-hybridized carbons (Fsp3) is 0.944. The first-order valence-electron chi connectivity index (χ1n) is 37.5. The van der Waals surface area contributed by atoms with Crippen molar-refractivity contribution in [2.45, 2.75) is 387 Å². The molecule has 0 aliphatic carbocycles. The summed E-state index contributed by atoms with van der Waals surface area (Å²) in [5, 5.41) is 10.6. The molecule has 0 saturated heterocycles. The lowest BCUT2D eigenvalue weighted by molar-refractivity contribution is -0.161. The van der Waals surface area contributed by atoms with Crippen LogP contribution in [0.1, 0.15) is 369 Å². The molecule has 0 aromatic heterocycles. The van der Waals surface area contributed by atoms with Crippen molar-refractivity contribution in [2.75, 3.05) is 39.6 Å². The number of unbranched alkanes of at least 4 members (excludes halogenated alkanes) is 40. The highest BCUT2D eigenvalue weighted by Gasteiger charge is 2.30. The highest BCUT2D eigenvalue weighted by molar-refractivity contribution is 7.47. The Morgan fingerprint density at radius 3 is 0.835 bits per heavy atom. The molecule has 3 unspecified atom stereocenters. The standard InChI is InChI=1S/C72H140O17P2/c1-7-10-12-14-16-37-44-50-56-71(76)88-67(60-82-69(74)54-48-42-34-15-13-11-8-2)62-86-90(78,79)84-58-66(73)59-85-91(80,81)87-63-68(89-72(77)57-51-45-39-33-29-25-19-17-18-22-26-30-35-40-46-52-64(4)5)61-83-70(75)55-49-43-38-32-28-24-21-20-23-27-31-36-41-47-53-65(6)9-3/h64-68,73H,7-63H2,1-6H3,(H,78,79)(H,80,81)/t65?,66-,67+,68+/m0/s1. The van der Waals surface area contributed by atoms with Gasteiger partial charge >= 0.3 is 39.5 Å². The Bertz CT molecular complexity index is 1770. The van der Waals surface area contributed by atoms with Crippen LogP contribution in [-0.2, 0) is 65.4 Å². The molecule has 0 aromatic rings. The lowest BCUT2D eigenvalue weighted by Gasteiger charge is -2.21. The second-order valence-electron chi connectivity index (χ2n) is 26.7. The van der Waals surface area contributed by atoms with Crippen LogP contribution < -0.4 is 0 Å². The molecule has 91 heavy (non-hydrogen) atoms. The summed E-state index contributed by atoms with van der Waals surface area (Å²) in [7, 11) is -9.89. The fourth-order valence-electron chi connectivity index (χ4n) is 10.9. The zero-order valence-electron chi connectivity index (χ0n) is 59.1. The van der Waals surface area contributed by atoms with E-state index in [9.17, 15) is 43.2 Å². The number of aliphatic hydroxyl groups is 1. The second-order valence-corrected chi connectivity index (χ2v) is 29.6. The summed E-state index contributed by atoms with van der Waals surface area (Å²) < 4.78 is 68.2. The normalized spacial score (nSPS) is 14.4. The monoisotopic (exact) mass is 1340 g/mol. The zero-order valence-corrected chi connectivity index (χ0v) is 60.9. The summed E-state index contributed by atoms with van der Waals surface area (Å²) >= 11 is 0. The average molecular weight is 1340 g/mol. The first-order valence-corrected chi connectivity index (χ1v) is 40.5. The van der Waals surface area contributed by atoms with Gasteiger partial charge in [-0.05, 0) is 37.5 Å². The Hall–Kier alpha value is -1.94. The maximum atomic E-state index is 13.0. The van der Waals surface area contributed by atoms with Gasteiger partial charge in [-0.3, -0.25) is 37.3 Å². The van der Waals surface area contributed by atoms with Crippen LogP contribution in [0.15, 0.2) is 0 Å². The van der Waals surface area contributed by atoms with Gasteiger partial charge < -0.3 is 33.8 Å². The Labute approximate surface area is 556 Å². The lowest BCUT2D eigenvalue weighted by Crippen LogP contribution is -2.30. The predicted octanol–water partition coefficient (Wildman–Crippen LogP) is 20.8. The lowest BCUT2D eigenvalue weighted by atomic mass is 9.99. The van der Waals surface area contributed by atoms with Gasteiger partial charge in [0, 0.05) is 25.7 Å². The van der Waals surface area contributed by atoms with Crippen LogP contribution in [0, 0.1) is 11.8 Å². The molecule has 0 aliphatic heterocycles. The third-order valence-corrected chi connectivity index (χ3v) is 19.0. The number of rotatable bonds is 71.